The molecular formula is C16H26N2O3S2. The van der Waals surface area contributed by atoms with Gasteiger partial charge >= 0.3 is 0 Å². The van der Waals surface area contributed by atoms with Gasteiger partial charge in [-0.05, 0) is 17.9 Å². The molecule has 0 unspecified atom stereocenters. The Morgan fingerprint density at radius 2 is 1.57 bits per heavy atom. The molecule has 1 aliphatic rings. The molecule has 0 radical (unpaired) electrons. The van der Waals surface area contributed by atoms with Crippen LogP contribution in [-0.2, 0) is 14.4 Å². The van der Waals surface area contributed by atoms with Crippen LogP contribution in [0.2, 0.25) is 0 Å². The van der Waals surface area contributed by atoms with Gasteiger partial charge < -0.3 is 4.90 Å². The maximum atomic E-state index is 12.4. The second-order valence-electron chi connectivity index (χ2n) is 5.04. The predicted molar refractivity (Wildman–Crippen MR) is 97.7 cm³/mol. The molecule has 0 spiro atoms. The van der Waals surface area contributed by atoms with E-state index in [1.807, 2.05) is 28.4 Å². The fourth-order valence-electron chi connectivity index (χ4n) is 2.20. The van der Waals surface area contributed by atoms with Gasteiger partial charge in [-0.3, -0.25) is 19.3 Å². The van der Waals surface area contributed by atoms with E-state index in [9.17, 15) is 14.4 Å². The van der Waals surface area contributed by atoms with Gasteiger partial charge in [-0.25, -0.2) is 0 Å². The molecule has 0 fully saturated rings. The summed E-state index contributed by atoms with van der Waals surface area (Å²) in [5, 5.41) is 0. The molecule has 0 saturated carbocycles. The van der Waals surface area contributed by atoms with Gasteiger partial charge in [0.25, 0.3) is 11.8 Å². The lowest BCUT2D eigenvalue weighted by Gasteiger charge is -2.23. The summed E-state index contributed by atoms with van der Waals surface area (Å²) in [5.74, 6) is 3.56. The maximum absolute atomic E-state index is 12.4. The maximum Gasteiger partial charge on any atom is 0.253 e. The van der Waals surface area contributed by atoms with Crippen LogP contribution in [0.15, 0.2) is 12.2 Å². The second kappa shape index (κ2) is 11.6. The van der Waals surface area contributed by atoms with Crippen LogP contribution in [0, 0.1) is 0 Å². The summed E-state index contributed by atoms with van der Waals surface area (Å²) in [6.07, 6.45) is 3.46. The molecule has 5 nitrogen and oxygen atoms in total. The molecule has 0 saturated heterocycles. The summed E-state index contributed by atoms with van der Waals surface area (Å²) in [5.41, 5.74) is 0. The topological polar surface area (TPSA) is 57.7 Å². The Morgan fingerprint density at radius 1 is 1.04 bits per heavy atom. The number of hydrogen-bond donors (Lipinski definition) is 0. The molecule has 0 N–H and O–H groups in total. The number of carbonyl (C=O) groups is 3. The first kappa shape index (κ1) is 20.1. The second-order valence-corrected chi connectivity index (χ2v) is 7.83. The number of amides is 3. The summed E-state index contributed by atoms with van der Waals surface area (Å²) in [6.45, 7) is 6.08. The van der Waals surface area contributed by atoms with Crippen molar-refractivity contribution in [3.63, 3.8) is 0 Å². The van der Waals surface area contributed by atoms with Crippen molar-refractivity contribution < 1.29 is 14.4 Å². The molecule has 0 aromatic heterocycles. The van der Waals surface area contributed by atoms with Crippen LogP contribution in [0.3, 0.4) is 0 Å². The van der Waals surface area contributed by atoms with Crippen molar-refractivity contribution in [3.8, 4) is 0 Å². The Hall–Kier alpha value is -0.950. The standard InChI is InChI=1S/C16H26N2O3S2/c1-3-22-12-10-17(11-13-23-4-2)14(19)6-5-9-18-15(20)7-8-16(18)21/h7-8H,3-6,9-13H2,1-2H3. The van der Waals surface area contributed by atoms with Crippen molar-refractivity contribution in [1.29, 1.82) is 0 Å². The third-order valence-corrected chi connectivity index (χ3v) is 5.20. The largest absolute Gasteiger partial charge is 0.341 e. The van der Waals surface area contributed by atoms with Crippen LogP contribution in [0.1, 0.15) is 26.7 Å². The van der Waals surface area contributed by atoms with Gasteiger partial charge in [-0.1, -0.05) is 13.8 Å². The minimum absolute atomic E-state index is 0.116. The van der Waals surface area contributed by atoms with Gasteiger partial charge in [0, 0.05) is 49.7 Å². The Labute approximate surface area is 147 Å². The average molecular weight is 359 g/mol. The van der Waals surface area contributed by atoms with Crippen LogP contribution >= 0.6 is 23.5 Å². The summed E-state index contributed by atoms with van der Waals surface area (Å²) in [6, 6.07) is 0. The van der Waals surface area contributed by atoms with E-state index in [-0.39, 0.29) is 17.7 Å². The van der Waals surface area contributed by atoms with Gasteiger partial charge in [0.2, 0.25) is 5.91 Å². The highest BCUT2D eigenvalue weighted by molar-refractivity contribution is 7.99. The molecule has 1 heterocycles. The smallest absolute Gasteiger partial charge is 0.253 e. The van der Waals surface area contributed by atoms with E-state index < -0.39 is 0 Å². The molecule has 130 valence electrons. The normalized spacial score (nSPS) is 13.9. The van der Waals surface area contributed by atoms with Gasteiger partial charge in [0.15, 0.2) is 0 Å². The Bertz CT molecular complexity index is 413. The first-order valence-corrected chi connectivity index (χ1v) is 10.4. The molecule has 0 aromatic carbocycles. The van der Waals surface area contributed by atoms with Crippen LogP contribution in [0.4, 0.5) is 0 Å². The Kier molecular flexibility index (Phi) is 10.1. The van der Waals surface area contributed by atoms with Crippen LogP contribution < -0.4 is 0 Å². The molecule has 23 heavy (non-hydrogen) atoms. The van der Waals surface area contributed by atoms with E-state index in [1.165, 1.54) is 17.1 Å². The SMILES string of the molecule is CCSCCN(CCSCC)C(=O)CCCN1C(=O)C=CC1=O. The lowest BCUT2D eigenvalue weighted by Crippen LogP contribution is -2.36. The van der Waals surface area contributed by atoms with Crippen molar-refractivity contribution in [2.75, 3.05) is 42.6 Å². The number of rotatable bonds is 12. The van der Waals surface area contributed by atoms with Crippen molar-refractivity contribution in [3.05, 3.63) is 12.2 Å². The molecule has 0 atom stereocenters. The van der Waals surface area contributed by atoms with E-state index in [1.54, 1.807) is 0 Å². The molecule has 0 aliphatic carbocycles. The van der Waals surface area contributed by atoms with Gasteiger partial charge in [-0.2, -0.15) is 23.5 Å². The van der Waals surface area contributed by atoms with Crippen LogP contribution in [0.5, 0.6) is 0 Å². The number of carbonyl (C=O) groups excluding carboxylic acids is 3. The minimum Gasteiger partial charge on any atom is -0.341 e. The fourth-order valence-corrected chi connectivity index (χ4v) is 3.47. The third kappa shape index (κ3) is 7.44. The predicted octanol–water partition coefficient (Wildman–Crippen LogP) is 2.03. The number of thioether (sulfide) groups is 2. The summed E-state index contributed by atoms with van der Waals surface area (Å²) in [7, 11) is 0. The van der Waals surface area contributed by atoms with Gasteiger partial charge in [0.1, 0.15) is 0 Å². The van der Waals surface area contributed by atoms with Crippen molar-refractivity contribution in [2.24, 2.45) is 0 Å². The molecule has 1 rings (SSSR count). The van der Waals surface area contributed by atoms with Crippen LogP contribution in [0.25, 0.3) is 0 Å². The van der Waals surface area contributed by atoms with Gasteiger partial charge in [0.05, 0.1) is 0 Å². The summed E-state index contributed by atoms with van der Waals surface area (Å²) >= 11 is 3.66. The van der Waals surface area contributed by atoms with E-state index in [2.05, 4.69) is 13.8 Å². The quantitative estimate of drug-likeness (QED) is 0.395. The lowest BCUT2D eigenvalue weighted by molar-refractivity contribution is -0.138. The lowest BCUT2D eigenvalue weighted by atomic mass is 10.2. The van der Waals surface area contributed by atoms with E-state index in [0.29, 0.717) is 19.4 Å². The molecule has 7 heteroatoms. The Morgan fingerprint density at radius 3 is 2.04 bits per heavy atom. The molecule has 0 bridgehead atoms. The van der Waals surface area contributed by atoms with E-state index in [4.69, 9.17) is 0 Å². The highest BCUT2D eigenvalue weighted by Crippen LogP contribution is 2.09. The minimum atomic E-state index is -0.280. The molecule has 0 aromatic rings. The Balaban J connectivity index is 2.35. The highest BCUT2D eigenvalue weighted by Gasteiger charge is 2.23. The monoisotopic (exact) mass is 358 g/mol. The summed E-state index contributed by atoms with van der Waals surface area (Å²) < 4.78 is 0. The zero-order valence-corrected chi connectivity index (χ0v) is 15.6. The van der Waals surface area contributed by atoms with Crippen molar-refractivity contribution in [1.82, 2.24) is 9.80 Å². The number of hydrogen-bond acceptors (Lipinski definition) is 5. The molecule has 1 aliphatic heterocycles. The van der Waals surface area contributed by atoms with Crippen molar-refractivity contribution >= 4 is 41.2 Å². The number of imide groups is 1. The van der Waals surface area contributed by atoms with E-state index >= 15 is 0 Å². The zero-order valence-electron chi connectivity index (χ0n) is 14.0. The van der Waals surface area contributed by atoms with Crippen molar-refractivity contribution in [2.45, 2.75) is 26.7 Å². The average Bonchev–Trinajstić information content (AvgIpc) is 2.85. The third-order valence-electron chi connectivity index (χ3n) is 3.44. The molecular weight excluding hydrogens is 332 g/mol. The molecule has 3 amide bonds. The first-order chi connectivity index (χ1) is 11.1. The van der Waals surface area contributed by atoms with Crippen LogP contribution in [-0.4, -0.2) is 70.2 Å². The summed E-state index contributed by atoms with van der Waals surface area (Å²) in [4.78, 5) is 38.4. The first-order valence-electron chi connectivity index (χ1n) is 8.07. The van der Waals surface area contributed by atoms with Gasteiger partial charge in [-0.15, -0.1) is 0 Å². The number of nitrogens with zero attached hydrogens (tertiary/aromatic N) is 2. The zero-order chi connectivity index (χ0) is 17.1. The fraction of sp³-hybridized carbons (Fsp3) is 0.688. The van der Waals surface area contributed by atoms with E-state index in [0.717, 1.165) is 36.1 Å². The highest BCUT2D eigenvalue weighted by atomic mass is 32.2.